The highest BCUT2D eigenvalue weighted by Gasteiger charge is 2.17. The molecule has 8 heteroatoms. The van der Waals surface area contributed by atoms with Crippen LogP contribution in [0.5, 0.6) is 5.75 Å². The van der Waals surface area contributed by atoms with E-state index < -0.39 is 23.5 Å². The van der Waals surface area contributed by atoms with E-state index in [9.17, 15) is 14.4 Å². The molecule has 0 bridgehead atoms. The van der Waals surface area contributed by atoms with Gasteiger partial charge in [-0.2, -0.15) is 0 Å². The summed E-state index contributed by atoms with van der Waals surface area (Å²) in [5.41, 5.74) is 3.08. The van der Waals surface area contributed by atoms with Crippen LogP contribution in [-0.2, 0) is 20.9 Å². The van der Waals surface area contributed by atoms with E-state index in [1.807, 2.05) is 26.0 Å². The average Bonchev–Trinajstić information content (AvgIpc) is 2.76. The van der Waals surface area contributed by atoms with Crippen LogP contribution in [0.15, 0.2) is 48.5 Å². The van der Waals surface area contributed by atoms with Gasteiger partial charge in [0.1, 0.15) is 11.4 Å². The molecule has 0 aliphatic heterocycles. The monoisotopic (exact) mass is 453 g/mol. The van der Waals surface area contributed by atoms with Crippen molar-refractivity contribution in [3.8, 4) is 5.75 Å². The number of nitrogens with one attached hydrogen (secondary N) is 3. The summed E-state index contributed by atoms with van der Waals surface area (Å²) in [7, 11) is 1.55. The maximum absolute atomic E-state index is 12.3. The lowest BCUT2D eigenvalue weighted by molar-refractivity contribution is -0.132. The second kappa shape index (κ2) is 11.2. The number of amides is 3. The van der Waals surface area contributed by atoms with Crippen molar-refractivity contribution >= 4 is 34.9 Å². The van der Waals surface area contributed by atoms with Gasteiger partial charge in [-0.05, 0) is 70.0 Å². The Morgan fingerprint density at radius 3 is 2.06 bits per heavy atom. The number of ether oxygens (including phenoxy) is 2. The van der Waals surface area contributed by atoms with Crippen LogP contribution in [0.4, 0.5) is 16.2 Å². The molecular weight excluding hydrogens is 422 g/mol. The number of methoxy groups -OCH3 is 1. The first kappa shape index (κ1) is 25.5. The summed E-state index contributed by atoms with van der Waals surface area (Å²) >= 11 is 0. The molecule has 0 saturated carbocycles. The highest BCUT2D eigenvalue weighted by atomic mass is 16.6. The van der Waals surface area contributed by atoms with Crippen LogP contribution in [0.3, 0.4) is 0 Å². The van der Waals surface area contributed by atoms with E-state index >= 15 is 0 Å². The number of hydrogen-bond acceptors (Lipinski definition) is 5. The Labute approximate surface area is 194 Å². The molecule has 0 saturated heterocycles. The lowest BCUT2D eigenvalue weighted by atomic mass is 10.1. The molecular formula is C25H31N3O5. The van der Waals surface area contributed by atoms with Crippen molar-refractivity contribution in [2.24, 2.45) is 0 Å². The van der Waals surface area contributed by atoms with E-state index in [0.717, 1.165) is 16.7 Å². The summed E-state index contributed by atoms with van der Waals surface area (Å²) in [6.45, 7) is 9.53. The lowest BCUT2D eigenvalue weighted by Crippen LogP contribution is -2.32. The quantitative estimate of drug-likeness (QED) is 0.549. The number of carbonyl (C=O) groups is 3. The summed E-state index contributed by atoms with van der Waals surface area (Å²) in [6, 6.07) is 12.0. The van der Waals surface area contributed by atoms with E-state index in [2.05, 4.69) is 16.0 Å². The third-order valence-electron chi connectivity index (χ3n) is 4.57. The zero-order valence-electron chi connectivity index (χ0n) is 19.9. The van der Waals surface area contributed by atoms with Crippen LogP contribution >= 0.6 is 0 Å². The second-order valence-electron chi connectivity index (χ2n) is 8.35. The van der Waals surface area contributed by atoms with Gasteiger partial charge in [0.15, 0.2) is 0 Å². The van der Waals surface area contributed by atoms with Crippen molar-refractivity contribution in [2.75, 3.05) is 17.7 Å². The Balaban J connectivity index is 1.93. The molecule has 0 aromatic heterocycles. The molecule has 0 atom stereocenters. The molecule has 0 spiro atoms. The number of alkyl carbamates (subject to hydrolysis) is 1. The molecule has 2 rings (SSSR count). The number of benzene rings is 2. The summed E-state index contributed by atoms with van der Waals surface area (Å²) in [6.07, 6.45) is 1.45. The third-order valence-corrected chi connectivity index (χ3v) is 4.57. The SMILES string of the molecule is CC=C(C)c1ccc(NC(=O)C(=O)Nc2ccc(CNC(=O)OC(C)(C)C)cc2)cc1OC. The van der Waals surface area contributed by atoms with Crippen molar-refractivity contribution in [1.82, 2.24) is 5.32 Å². The Morgan fingerprint density at radius 2 is 1.52 bits per heavy atom. The summed E-state index contributed by atoms with van der Waals surface area (Å²) in [4.78, 5) is 36.3. The fourth-order valence-electron chi connectivity index (χ4n) is 2.82. The number of rotatable bonds is 6. The highest BCUT2D eigenvalue weighted by Crippen LogP contribution is 2.29. The van der Waals surface area contributed by atoms with E-state index in [-0.39, 0.29) is 6.54 Å². The highest BCUT2D eigenvalue weighted by molar-refractivity contribution is 6.43. The van der Waals surface area contributed by atoms with Crippen molar-refractivity contribution in [2.45, 2.75) is 46.8 Å². The van der Waals surface area contributed by atoms with Gasteiger partial charge in [0.2, 0.25) is 0 Å². The van der Waals surface area contributed by atoms with Gasteiger partial charge in [0.25, 0.3) is 0 Å². The fourth-order valence-corrected chi connectivity index (χ4v) is 2.82. The van der Waals surface area contributed by atoms with Gasteiger partial charge in [0, 0.05) is 29.5 Å². The third kappa shape index (κ3) is 7.99. The van der Waals surface area contributed by atoms with Crippen LogP contribution in [0.1, 0.15) is 45.7 Å². The molecule has 8 nitrogen and oxygen atoms in total. The molecule has 0 radical (unpaired) electrons. The molecule has 2 aromatic carbocycles. The van der Waals surface area contributed by atoms with E-state index in [1.165, 1.54) is 0 Å². The molecule has 33 heavy (non-hydrogen) atoms. The van der Waals surface area contributed by atoms with Gasteiger partial charge in [-0.15, -0.1) is 0 Å². The molecule has 0 fully saturated rings. The molecule has 2 aromatic rings. The average molecular weight is 454 g/mol. The standard InChI is InChI=1S/C25H31N3O5/c1-7-16(2)20-13-12-19(14-21(20)32-6)28-23(30)22(29)27-18-10-8-17(9-11-18)15-26-24(31)33-25(3,4)5/h7-14H,15H2,1-6H3,(H,26,31)(H,27,29)(H,28,30). The number of anilines is 2. The van der Waals surface area contributed by atoms with Crippen molar-refractivity contribution < 1.29 is 23.9 Å². The molecule has 0 aliphatic carbocycles. The van der Waals surface area contributed by atoms with Gasteiger partial charge in [0.05, 0.1) is 7.11 Å². The molecule has 3 N–H and O–H groups in total. The summed E-state index contributed by atoms with van der Waals surface area (Å²) in [5, 5.41) is 7.78. The van der Waals surface area contributed by atoms with E-state index in [1.54, 1.807) is 64.3 Å². The molecule has 3 amide bonds. The lowest BCUT2D eigenvalue weighted by Gasteiger charge is -2.19. The van der Waals surface area contributed by atoms with Crippen LogP contribution in [0, 0.1) is 0 Å². The normalized spacial score (nSPS) is 11.4. The van der Waals surface area contributed by atoms with Gasteiger partial charge in [-0.25, -0.2) is 4.79 Å². The molecule has 0 heterocycles. The summed E-state index contributed by atoms with van der Waals surface area (Å²) in [5.74, 6) is -1.01. The summed E-state index contributed by atoms with van der Waals surface area (Å²) < 4.78 is 10.6. The number of allylic oxidation sites excluding steroid dienone is 2. The van der Waals surface area contributed by atoms with E-state index in [4.69, 9.17) is 9.47 Å². The minimum absolute atomic E-state index is 0.272. The second-order valence-corrected chi connectivity index (χ2v) is 8.35. The van der Waals surface area contributed by atoms with Gasteiger partial charge in [-0.3, -0.25) is 9.59 Å². The molecule has 176 valence electrons. The van der Waals surface area contributed by atoms with Gasteiger partial charge < -0.3 is 25.4 Å². The van der Waals surface area contributed by atoms with Crippen molar-refractivity contribution in [3.05, 3.63) is 59.7 Å². The Hall–Kier alpha value is -3.81. The largest absolute Gasteiger partial charge is 0.496 e. The minimum Gasteiger partial charge on any atom is -0.496 e. The minimum atomic E-state index is -0.803. The maximum Gasteiger partial charge on any atom is 0.407 e. The van der Waals surface area contributed by atoms with Crippen LogP contribution < -0.4 is 20.7 Å². The first-order valence-electron chi connectivity index (χ1n) is 10.5. The maximum atomic E-state index is 12.3. The van der Waals surface area contributed by atoms with Crippen molar-refractivity contribution in [1.29, 1.82) is 0 Å². The van der Waals surface area contributed by atoms with Crippen molar-refractivity contribution in [3.63, 3.8) is 0 Å². The zero-order valence-corrected chi connectivity index (χ0v) is 19.9. The van der Waals surface area contributed by atoms with Crippen LogP contribution in [0.25, 0.3) is 5.57 Å². The fraction of sp³-hybridized carbons (Fsp3) is 0.320. The van der Waals surface area contributed by atoms with E-state index in [0.29, 0.717) is 17.1 Å². The van der Waals surface area contributed by atoms with Crippen LogP contribution in [-0.4, -0.2) is 30.6 Å². The number of hydrogen-bond donors (Lipinski definition) is 3. The van der Waals surface area contributed by atoms with Gasteiger partial charge >= 0.3 is 17.9 Å². The smallest absolute Gasteiger partial charge is 0.407 e. The van der Waals surface area contributed by atoms with Crippen LogP contribution in [0.2, 0.25) is 0 Å². The number of carbonyl (C=O) groups excluding carboxylic acids is 3. The zero-order chi connectivity index (χ0) is 24.6. The molecule has 0 unspecified atom stereocenters. The first-order chi connectivity index (χ1) is 15.5. The topological polar surface area (TPSA) is 106 Å². The first-order valence-corrected chi connectivity index (χ1v) is 10.5. The predicted octanol–water partition coefficient (Wildman–Crippen LogP) is 4.72. The Bertz CT molecular complexity index is 1040. The van der Waals surface area contributed by atoms with Gasteiger partial charge in [-0.1, -0.05) is 18.2 Å². The predicted molar refractivity (Wildman–Crippen MR) is 129 cm³/mol. The molecule has 0 aliphatic rings. The Kier molecular flexibility index (Phi) is 8.62. The Morgan fingerprint density at radius 1 is 0.939 bits per heavy atom.